The van der Waals surface area contributed by atoms with E-state index in [0.29, 0.717) is 0 Å². The molecule has 7 nitrogen and oxygen atoms in total. The Morgan fingerprint density at radius 2 is 1.38 bits per heavy atom. The largest absolute Gasteiger partial charge is 0.690 e. The molecule has 0 unspecified atom stereocenters. The van der Waals surface area contributed by atoms with Crippen molar-refractivity contribution in [2.24, 2.45) is 0 Å². The van der Waals surface area contributed by atoms with Gasteiger partial charge in [-0.1, -0.05) is 0 Å². The monoisotopic (exact) mass is 140 g/mol. The lowest BCUT2D eigenvalue weighted by Crippen LogP contribution is -2.12. The van der Waals surface area contributed by atoms with Gasteiger partial charge in [0.25, 0.3) is 0 Å². The molecule has 0 saturated carbocycles. The average molecular weight is 140 g/mol. The van der Waals surface area contributed by atoms with E-state index in [1.807, 2.05) is 0 Å². The third kappa shape index (κ3) is 1.60. The zero-order chi connectivity index (χ0) is 6.73. The Bertz CT molecular complexity index is 133. The van der Waals surface area contributed by atoms with E-state index in [-0.39, 0.29) is 0 Å². The predicted molar refractivity (Wildman–Crippen MR) is 22.1 cm³/mol. The first-order chi connectivity index (χ1) is 3.55. The molecule has 0 aromatic heterocycles. The van der Waals surface area contributed by atoms with Crippen molar-refractivity contribution in [1.29, 1.82) is 0 Å². The lowest BCUT2D eigenvalue weighted by atomic mass is 13.3. The van der Waals surface area contributed by atoms with E-state index in [1.54, 1.807) is 0 Å². The van der Waals surface area contributed by atoms with Gasteiger partial charge in [-0.15, -0.1) is 4.21 Å². The molecular weight excluding hydrogens is 140 g/mol. The predicted octanol–water partition coefficient (Wildman–Crippen LogP) is -0.882. The standard InChI is InChI=1S/N2O5S/c3-1(4)8(7)2(5)6. The smallest absolute Gasteiger partial charge is 0.244 e. The number of rotatable bonds is 2. The van der Waals surface area contributed by atoms with Crippen LogP contribution in [0.4, 0.5) is 0 Å². The summed E-state index contributed by atoms with van der Waals surface area (Å²) in [6.07, 6.45) is 0. The minimum Gasteiger partial charge on any atom is -0.244 e. The summed E-state index contributed by atoms with van der Waals surface area (Å²) in [4.78, 5) is 18.4. The van der Waals surface area contributed by atoms with Crippen molar-refractivity contribution < 1.29 is 12.9 Å². The van der Waals surface area contributed by atoms with Gasteiger partial charge in [0.1, 0.15) is 0 Å². The van der Waals surface area contributed by atoms with Crippen molar-refractivity contribution in [3.05, 3.63) is 20.2 Å². The number of hydrogen-bond acceptors (Lipinski definition) is 5. The van der Waals surface area contributed by atoms with Gasteiger partial charge in [0.2, 0.25) is 0 Å². The normalized spacial score (nSPS) is 9.12. The molecule has 0 heterocycles. The summed E-state index contributed by atoms with van der Waals surface area (Å²) in [5.74, 6) is 0. The Kier molecular flexibility index (Phi) is 2.00. The molecule has 0 aliphatic rings. The molecule has 0 aromatic rings. The maximum atomic E-state index is 9.56. The van der Waals surface area contributed by atoms with Gasteiger partial charge in [-0.3, -0.25) is 0 Å². The molecule has 0 aromatic carbocycles. The number of nitro groups is 2. The molecule has 0 aliphatic carbocycles. The summed E-state index contributed by atoms with van der Waals surface area (Å²) < 4.78 is 6.58. The first-order valence-electron chi connectivity index (χ1n) is 1.26. The fraction of sp³-hybridized carbons (Fsp3) is 0. The molecule has 0 radical (unpaired) electrons. The Hall–Kier alpha value is -1.05. The van der Waals surface area contributed by atoms with Gasteiger partial charge in [-0.05, 0) is 0 Å². The molecule has 0 aliphatic heterocycles. The molecule has 8 heavy (non-hydrogen) atoms. The van der Waals surface area contributed by atoms with Crippen LogP contribution in [0, 0.1) is 20.2 Å². The molecule has 0 bridgehead atoms. The molecule has 8 heteroatoms. The molecule has 0 saturated heterocycles. The van der Waals surface area contributed by atoms with Crippen molar-refractivity contribution in [2.45, 2.75) is 0 Å². The lowest BCUT2D eigenvalue weighted by Gasteiger charge is -1.74. The van der Waals surface area contributed by atoms with E-state index < -0.39 is 19.8 Å². The van der Waals surface area contributed by atoms with E-state index in [1.165, 1.54) is 0 Å². The van der Waals surface area contributed by atoms with Gasteiger partial charge in [0.05, 0.1) is 0 Å². The molecule has 0 N–H and O–H groups in total. The van der Waals surface area contributed by atoms with Crippen LogP contribution in [-0.2, 0) is 11.2 Å². The summed E-state index contributed by atoms with van der Waals surface area (Å²) in [5.41, 5.74) is 0. The van der Waals surface area contributed by atoms with E-state index in [0.717, 1.165) is 0 Å². The van der Waals surface area contributed by atoms with Crippen molar-refractivity contribution in [3.8, 4) is 0 Å². The van der Waals surface area contributed by atoms with E-state index in [9.17, 15) is 24.4 Å². The minimum absolute atomic E-state index is 1.49. The fourth-order valence-electron chi connectivity index (χ4n) is 0.0544. The maximum Gasteiger partial charge on any atom is 0.690 e. The fourth-order valence-corrected chi connectivity index (χ4v) is 0.163. The van der Waals surface area contributed by atoms with Crippen molar-refractivity contribution in [2.75, 3.05) is 0 Å². The van der Waals surface area contributed by atoms with Crippen LogP contribution in [0.25, 0.3) is 0 Å². The molecular formula is N2O5S. The summed E-state index contributed by atoms with van der Waals surface area (Å²) in [7, 11) is 0. The van der Waals surface area contributed by atoms with E-state index in [4.69, 9.17) is 0 Å². The quantitative estimate of drug-likeness (QED) is 0.366. The minimum atomic E-state index is -3.18. The van der Waals surface area contributed by atoms with Crippen LogP contribution < -0.4 is 0 Å². The average Bonchev–Trinajstić information content (AvgIpc) is 1.64. The first-order valence-corrected chi connectivity index (χ1v) is 2.33. The van der Waals surface area contributed by atoms with Crippen molar-refractivity contribution >= 4 is 11.2 Å². The highest BCUT2D eigenvalue weighted by Crippen LogP contribution is 1.80. The van der Waals surface area contributed by atoms with Gasteiger partial charge in [-0.2, -0.15) is 0 Å². The van der Waals surface area contributed by atoms with Crippen LogP contribution >= 0.6 is 0 Å². The Labute approximate surface area is 45.3 Å². The van der Waals surface area contributed by atoms with Crippen LogP contribution in [0.1, 0.15) is 0 Å². The van der Waals surface area contributed by atoms with Crippen LogP contribution in [0.5, 0.6) is 0 Å². The Morgan fingerprint density at radius 1 is 1.12 bits per heavy atom. The first kappa shape index (κ1) is 6.95. The highest BCUT2D eigenvalue weighted by molar-refractivity contribution is 7.72. The van der Waals surface area contributed by atoms with Gasteiger partial charge >= 0.3 is 11.2 Å². The maximum absolute atomic E-state index is 9.56. The molecule has 0 spiro atoms. The van der Waals surface area contributed by atoms with Gasteiger partial charge in [-0.25, -0.2) is 20.2 Å². The molecule has 46 valence electrons. The molecule has 0 amide bonds. The SMILES string of the molecule is O=[N+]([O-])S(=O)[N+](=O)[O-]. The second-order valence-corrected chi connectivity index (χ2v) is 1.74. The highest BCUT2D eigenvalue weighted by Gasteiger charge is 2.27. The zero-order valence-corrected chi connectivity index (χ0v) is 4.16. The summed E-state index contributed by atoms with van der Waals surface area (Å²) in [6.45, 7) is 0. The highest BCUT2D eigenvalue weighted by atomic mass is 32.2. The number of hydrogen-bond donors (Lipinski definition) is 0. The summed E-state index contributed by atoms with van der Waals surface area (Å²) in [5, 5.41) is 18.4. The zero-order valence-electron chi connectivity index (χ0n) is 3.34. The third-order valence-electron chi connectivity index (χ3n) is 0.255. The van der Waals surface area contributed by atoms with Crippen LogP contribution in [0.2, 0.25) is 0 Å². The van der Waals surface area contributed by atoms with Crippen molar-refractivity contribution in [3.63, 3.8) is 0 Å². The second kappa shape index (κ2) is 2.31. The van der Waals surface area contributed by atoms with Crippen LogP contribution in [0.3, 0.4) is 0 Å². The van der Waals surface area contributed by atoms with Crippen LogP contribution in [-0.4, -0.2) is 12.9 Å². The topological polar surface area (TPSA) is 103 Å². The van der Waals surface area contributed by atoms with Crippen molar-refractivity contribution in [1.82, 2.24) is 0 Å². The molecule has 0 atom stereocenters. The Morgan fingerprint density at radius 3 is 1.38 bits per heavy atom. The van der Waals surface area contributed by atoms with Gasteiger partial charge in [0, 0.05) is 0 Å². The van der Waals surface area contributed by atoms with E-state index >= 15 is 0 Å². The third-order valence-corrected chi connectivity index (χ3v) is 0.765. The summed E-state index contributed by atoms with van der Waals surface area (Å²) in [6, 6.07) is 0. The van der Waals surface area contributed by atoms with Crippen LogP contribution in [0.15, 0.2) is 0 Å². The van der Waals surface area contributed by atoms with Gasteiger partial charge in [0.15, 0.2) is 8.66 Å². The second-order valence-electron chi connectivity index (χ2n) is 0.678. The summed E-state index contributed by atoms with van der Waals surface area (Å²) >= 11 is -3.18. The lowest BCUT2D eigenvalue weighted by molar-refractivity contribution is -0.408. The number of nitrogens with zero attached hydrogens (tertiary/aromatic N) is 2. The van der Waals surface area contributed by atoms with Gasteiger partial charge < -0.3 is 0 Å². The Balaban J connectivity index is 4.05. The molecule has 0 rings (SSSR count). The van der Waals surface area contributed by atoms with E-state index in [2.05, 4.69) is 0 Å². The molecule has 0 fully saturated rings.